The first-order valence-electron chi connectivity index (χ1n) is 11.4. The molecule has 0 atom stereocenters. The SMILES string of the molecule is CCN1CCN(C(=O)/C=C(\C)c2cc3c(-c4cccc(OC)c4)coc3c(C)c2OC)CC1. The van der Waals surface area contributed by atoms with Crippen molar-refractivity contribution in [1.29, 1.82) is 0 Å². The first-order valence-corrected chi connectivity index (χ1v) is 11.4. The van der Waals surface area contributed by atoms with Gasteiger partial charge in [-0.25, -0.2) is 0 Å². The highest BCUT2D eigenvalue weighted by atomic mass is 16.5. The maximum atomic E-state index is 13.0. The minimum atomic E-state index is 0.0447. The molecule has 2 aromatic carbocycles. The number of ether oxygens (including phenoxy) is 2. The molecule has 0 radical (unpaired) electrons. The first kappa shape index (κ1) is 22.9. The lowest BCUT2D eigenvalue weighted by atomic mass is 9.96. The highest BCUT2D eigenvalue weighted by Crippen LogP contribution is 2.41. The molecule has 3 aromatic rings. The Morgan fingerprint density at radius 2 is 1.88 bits per heavy atom. The molecule has 1 amide bonds. The largest absolute Gasteiger partial charge is 0.497 e. The second-order valence-electron chi connectivity index (χ2n) is 8.43. The number of methoxy groups -OCH3 is 2. The van der Waals surface area contributed by atoms with Crippen LogP contribution >= 0.6 is 0 Å². The standard InChI is InChI=1S/C27H32N2O4/c1-6-28-10-12-29(13-11-28)25(30)14-18(2)22-16-23-24(20-8-7-9-21(15-20)31-4)17-33-27(23)19(3)26(22)32-5/h7-9,14-17H,6,10-13H2,1-5H3/b18-14+. The Bertz CT molecular complexity index is 1190. The second-order valence-corrected chi connectivity index (χ2v) is 8.43. The normalized spacial score (nSPS) is 15.2. The van der Waals surface area contributed by atoms with Crippen LogP contribution in [0.1, 0.15) is 25.0 Å². The molecule has 1 aromatic heterocycles. The summed E-state index contributed by atoms with van der Waals surface area (Å²) in [4.78, 5) is 17.3. The summed E-state index contributed by atoms with van der Waals surface area (Å²) in [5, 5.41) is 0.980. The van der Waals surface area contributed by atoms with Crippen molar-refractivity contribution < 1.29 is 18.7 Å². The number of furan rings is 1. The molecule has 1 aliphatic rings. The van der Waals surface area contributed by atoms with Crippen molar-refractivity contribution in [2.24, 2.45) is 0 Å². The molecule has 1 aliphatic heterocycles. The number of allylic oxidation sites excluding steroid dienone is 1. The monoisotopic (exact) mass is 448 g/mol. The molecule has 0 unspecified atom stereocenters. The third-order valence-electron chi connectivity index (χ3n) is 6.52. The zero-order valence-corrected chi connectivity index (χ0v) is 20.1. The predicted octanol–water partition coefficient (Wildman–Crippen LogP) is 4.99. The lowest BCUT2D eigenvalue weighted by Gasteiger charge is -2.33. The van der Waals surface area contributed by atoms with Gasteiger partial charge in [-0.2, -0.15) is 0 Å². The Morgan fingerprint density at radius 3 is 2.55 bits per heavy atom. The number of likely N-dealkylation sites (N-methyl/N-ethyl adjacent to an activating group) is 1. The van der Waals surface area contributed by atoms with Crippen LogP contribution in [-0.4, -0.2) is 62.7 Å². The molecular formula is C27H32N2O4. The Morgan fingerprint density at radius 1 is 1.12 bits per heavy atom. The summed E-state index contributed by atoms with van der Waals surface area (Å²) in [6, 6.07) is 9.98. The molecule has 6 heteroatoms. The van der Waals surface area contributed by atoms with E-state index in [-0.39, 0.29) is 5.91 Å². The Hall–Kier alpha value is -3.25. The summed E-state index contributed by atoms with van der Waals surface area (Å²) in [5.41, 5.74) is 5.45. The van der Waals surface area contributed by atoms with Crippen molar-refractivity contribution in [2.45, 2.75) is 20.8 Å². The summed E-state index contributed by atoms with van der Waals surface area (Å²) >= 11 is 0. The maximum Gasteiger partial charge on any atom is 0.246 e. The topological polar surface area (TPSA) is 55.2 Å². The third-order valence-corrected chi connectivity index (χ3v) is 6.52. The number of fused-ring (bicyclic) bond motifs is 1. The molecule has 0 aliphatic carbocycles. The minimum absolute atomic E-state index is 0.0447. The number of amides is 1. The average Bonchev–Trinajstić information content (AvgIpc) is 3.28. The number of aryl methyl sites for hydroxylation is 1. The molecule has 0 saturated carbocycles. The smallest absolute Gasteiger partial charge is 0.246 e. The van der Waals surface area contributed by atoms with E-state index in [1.54, 1.807) is 26.6 Å². The van der Waals surface area contributed by atoms with Gasteiger partial charge >= 0.3 is 0 Å². The van der Waals surface area contributed by atoms with Crippen LogP contribution in [0.4, 0.5) is 0 Å². The van der Waals surface area contributed by atoms with Crippen LogP contribution in [0.3, 0.4) is 0 Å². The quantitative estimate of drug-likeness (QED) is 0.497. The number of benzene rings is 2. The van der Waals surface area contributed by atoms with Crippen molar-refractivity contribution in [3.8, 4) is 22.6 Å². The minimum Gasteiger partial charge on any atom is -0.497 e. The fourth-order valence-corrected chi connectivity index (χ4v) is 4.52. The number of carbonyl (C=O) groups is 1. The van der Waals surface area contributed by atoms with Gasteiger partial charge in [-0.15, -0.1) is 0 Å². The van der Waals surface area contributed by atoms with E-state index >= 15 is 0 Å². The summed E-state index contributed by atoms with van der Waals surface area (Å²) in [6.45, 7) is 10.5. The van der Waals surface area contributed by atoms with Crippen LogP contribution in [0.5, 0.6) is 11.5 Å². The van der Waals surface area contributed by atoms with Crippen molar-refractivity contribution >= 4 is 22.4 Å². The summed E-state index contributed by atoms with van der Waals surface area (Å²) in [5.74, 6) is 1.56. The van der Waals surface area contributed by atoms with Gasteiger partial charge in [-0.3, -0.25) is 4.79 Å². The van der Waals surface area contributed by atoms with E-state index in [0.717, 1.165) is 83.0 Å². The van der Waals surface area contributed by atoms with Gasteiger partial charge in [-0.05, 0) is 49.7 Å². The lowest BCUT2D eigenvalue weighted by Crippen LogP contribution is -2.48. The van der Waals surface area contributed by atoms with Crippen LogP contribution < -0.4 is 9.47 Å². The van der Waals surface area contributed by atoms with Crippen LogP contribution in [0.15, 0.2) is 47.1 Å². The Balaban J connectivity index is 1.73. The third kappa shape index (κ3) is 4.48. The molecule has 1 saturated heterocycles. The average molecular weight is 449 g/mol. The van der Waals surface area contributed by atoms with E-state index in [1.165, 1.54) is 0 Å². The number of rotatable bonds is 6. The summed E-state index contributed by atoms with van der Waals surface area (Å²) in [7, 11) is 3.32. The molecule has 33 heavy (non-hydrogen) atoms. The zero-order chi connectivity index (χ0) is 23.5. The predicted molar refractivity (Wildman–Crippen MR) is 132 cm³/mol. The fourth-order valence-electron chi connectivity index (χ4n) is 4.52. The molecule has 0 bridgehead atoms. The number of nitrogens with zero attached hydrogens (tertiary/aromatic N) is 2. The summed E-state index contributed by atoms with van der Waals surface area (Å²) < 4.78 is 17.1. The molecule has 4 rings (SSSR count). The van der Waals surface area contributed by atoms with Gasteiger partial charge in [0, 0.05) is 54.3 Å². The molecule has 0 spiro atoms. The van der Waals surface area contributed by atoms with Gasteiger partial charge in [0.1, 0.15) is 17.1 Å². The van der Waals surface area contributed by atoms with Crippen molar-refractivity contribution in [2.75, 3.05) is 46.9 Å². The van der Waals surface area contributed by atoms with Gasteiger partial charge in [0.15, 0.2) is 0 Å². The Kier molecular flexibility index (Phi) is 6.75. The molecule has 1 fully saturated rings. The molecular weight excluding hydrogens is 416 g/mol. The molecule has 174 valence electrons. The highest BCUT2D eigenvalue weighted by molar-refractivity contribution is 6.01. The van der Waals surface area contributed by atoms with Gasteiger partial charge in [0.2, 0.25) is 5.91 Å². The molecule has 6 nitrogen and oxygen atoms in total. The van der Waals surface area contributed by atoms with Gasteiger partial charge in [0.05, 0.1) is 20.5 Å². The number of carbonyl (C=O) groups excluding carboxylic acids is 1. The number of hydrogen-bond donors (Lipinski definition) is 0. The fraction of sp³-hybridized carbons (Fsp3) is 0.370. The van der Waals surface area contributed by atoms with Gasteiger partial charge in [-0.1, -0.05) is 19.1 Å². The van der Waals surface area contributed by atoms with E-state index in [2.05, 4.69) is 17.9 Å². The number of hydrogen-bond acceptors (Lipinski definition) is 5. The Labute approximate surface area is 195 Å². The van der Waals surface area contributed by atoms with E-state index in [1.807, 2.05) is 43.0 Å². The molecule has 0 N–H and O–H groups in total. The van der Waals surface area contributed by atoms with Crippen molar-refractivity contribution in [3.05, 3.63) is 53.8 Å². The second kappa shape index (κ2) is 9.71. The van der Waals surface area contributed by atoms with E-state index < -0.39 is 0 Å². The van der Waals surface area contributed by atoms with Crippen LogP contribution in [0.25, 0.3) is 27.7 Å². The lowest BCUT2D eigenvalue weighted by molar-refractivity contribution is -0.127. The maximum absolute atomic E-state index is 13.0. The van der Waals surface area contributed by atoms with Crippen LogP contribution in [0, 0.1) is 6.92 Å². The summed E-state index contributed by atoms with van der Waals surface area (Å²) in [6.07, 6.45) is 3.50. The van der Waals surface area contributed by atoms with Crippen molar-refractivity contribution in [3.63, 3.8) is 0 Å². The molecule has 2 heterocycles. The van der Waals surface area contributed by atoms with Gasteiger partial charge in [0.25, 0.3) is 0 Å². The van der Waals surface area contributed by atoms with E-state index in [4.69, 9.17) is 13.9 Å². The van der Waals surface area contributed by atoms with E-state index in [9.17, 15) is 4.79 Å². The van der Waals surface area contributed by atoms with Crippen molar-refractivity contribution in [1.82, 2.24) is 9.80 Å². The zero-order valence-electron chi connectivity index (χ0n) is 20.1. The highest BCUT2D eigenvalue weighted by Gasteiger charge is 2.21. The number of piperazine rings is 1. The van der Waals surface area contributed by atoms with Gasteiger partial charge < -0.3 is 23.7 Å². The van der Waals surface area contributed by atoms with Crippen LogP contribution in [-0.2, 0) is 4.79 Å². The van der Waals surface area contributed by atoms with Crippen LogP contribution in [0.2, 0.25) is 0 Å². The van der Waals surface area contributed by atoms with E-state index in [0.29, 0.717) is 0 Å². The first-order chi connectivity index (χ1) is 16.0.